The third kappa shape index (κ3) is 3.11. The van der Waals surface area contributed by atoms with Gasteiger partial charge in [-0.15, -0.1) is 11.3 Å². The maximum absolute atomic E-state index is 6.02. The number of nitrogen functional groups attached to an aromatic ring is 1. The number of rotatable bonds is 5. The lowest BCUT2D eigenvalue weighted by Gasteiger charge is -2.19. The van der Waals surface area contributed by atoms with Crippen LogP contribution in [0.25, 0.3) is 0 Å². The minimum Gasteiger partial charge on any atom is -0.476 e. The molecule has 0 bridgehead atoms. The summed E-state index contributed by atoms with van der Waals surface area (Å²) in [6.45, 7) is 5.05. The normalized spacial score (nSPS) is 10.5. The highest BCUT2D eigenvalue weighted by atomic mass is 32.1. The first-order valence-electron chi connectivity index (χ1n) is 5.97. The second kappa shape index (κ2) is 5.83. The van der Waals surface area contributed by atoms with Gasteiger partial charge in [-0.25, -0.2) is 9.97 Å². The number of thiazole rings is 1. The maximum Gasteiger partial charge on any atom is 0.242 e. The van der Waals surface area contributed by atoms with Gasteiger partial charge in [0.2, 0.25) is 5.88 Å². The van der Waals surface area contributed by atoms with Crippen molar-refractivity contribution in [3.63, 3.8) is 0 Å². The number of aromatic nitrogens is 3. The van der Waals surface area contributed by atoms with E-state index in [-0.39, 0.29) is 0 Å². The average molecular weight is 279 g/mol. The van der Waals surface area contributed by atoms with E-state index in [1.165, 1.54) is 6.33 Å². The molecule has 2 N–H and O–H groups in total. The predicted molar refractivity (Wildman–Crippen MR) is 76.6 cm³/mol. The van der Waals surface area contributed by atoms with E-state index in [0.717, 1.165) is 10.7 Å². The molecule has 2 rings (SSSR count). The summed E-state index contributed by atoms with van der Waals surface area (Å²) in [5, 5.41) is 3.08. The minimum absolute atomic E-state index is 0.425. The zero-order valence-corrected chi connectivity index (χ0v) is 12.1. The fraction of sp³-hybridized carbons (Fsp3) is 0.417. The number of nitrogens with zero attached hydrogens (tertiary/aromatic N) is 4. The second-order valence-electron chi connectivity index (χ2n) is 4.06. The summed E-state index contributed by atoms with van der Waals surface area (Å²) < 4.78 is 5.37. The van der Waals surface area contributed by atoms with Crippen molar-refractivity contribution in [2.75, 3.05) is 24.3 Å². The average Bonchev–Trinajstić information content (AvgIpc) is 2.77. The lowest BCUT2D eigenvalue weighted by molar-refractivity contribution is 0.328. The van der Waals surface area contributed by atoms with Gasteiger partial charge in [0.15, 0.2) is 5.82 Å². The van der Waals surface area contributed by atoms with Crippen molar-refractivity contribution in [3.05, 3.63) is 22.4 Å². The lowest BCUT2D eigenvalue weighted by atomic mass is 10.4. The molecule has 0 aliphatic carbocycles. The van der Waals surface area contributed by atoms with Gasteiger partial charge in [-0.3, -0.25) is 0 Å². The van der Waals surface area contributed by atoms with Crippen molar-refractivity contribution in [3.8, 4) is 5.88 Å². The van der Waals surface area contributed by atoms with E-state index in [9.17, 15) is 0 Å². The van der Waals surface area contributed by atoms with Crippen molar-refractivity contribution in [1.29, 1.82) is 0 Å². The standard InChI is InChI=1S/C12H17N5OS/c1-4-18-12-10(13)11(14-7-15-12)17(3)5-9-6-19-8(2)16-9/h6-7H,4-5,13H2,1-3H3. The molecule has 0 aliphatic rings. The Morgan fingerprint density at radius 3 is 2.84 bits per heavy atom. The minimum atomic E-state index is 0.425. The summed E-state index contributed by atoms with van der Waals surface area (Å²) in [5.74, 6) is 1.08. The summed E-state index contributed by atoms with van der Waals surface area (Å²) >= 11 is 1.63. The third-order valence-electron chi connectivity index (χ3n) is 2.53. The lowest BCUT2D eigenvalue weighted by Crippen LogP contribution is -2.20. The van der Waals surface area contributed by atoms with Crippen LogP contribution < -0.4 is 15.4 Å². The fourth-order valence-electron chi connectivity index (χ4n) is 1.73. The highest BCUT2D eigenvalue weighted by molar-refractivity contribution is 7.09. The molecule has 2 aromatic heterocycles. The van der Waals surface area contributed by atoms with Crippen LogP contribution in [0.1, 0.15) is 17.6 Å². The number of hydrogen-bond donors (Lipinski definition) is 1. The topological polar surface area (TPSA) is 77.2 Å². The number of nitrogens with two attached hydrogens (primary N) is 1. The Bertz CT molecular complexity index is 557. The molecule has 0 aliphatic heterocycles. The Labute approximate surface area is 116 Å². The Morgan fingerprint density at radius 1 is 1.42 bits per heavy atom. The van der Waals surface area contributed by atoms with Crippen LogP contribution in [0, 0.1) is 6.92 Å². The molecule has 102 valence electrons. The van der Waals surface area contributed by atoms with Crippen LogP contribution in [-0.4, -0.2) is 28.6 Å². The Morgan fingerprint density at radius 2 is 2.21 bits per heavy atom. The van der Waals surface area contributed by atoms with Gasteiger partial charge < -0.3 is 15.4 Å². The summed E-state index contributed by atoms with van der Waals surface area (Å²) in [5.41, 5.74) is 7.48. The molecule has 7 heteroatoms. The monoisotopic (exact) mass is 279 g/mol. The number of hydrogen-bond acceptors (Lipinski definition) is 7. The van der Waals surface area contributed by atoms with Gasteiger partial charge in [0.1, 0.15) is 12.0 Å². The van der Waals surface area contributed by atoms with Gasteiger partial charge in [-0.05, 0) is 13.8 Å². The van der Waals surface area contributed by atoms with Gasteiger partial charge >= 0.3 is 0 Å². The van der Waals surface area contributed by atoms with Crippen LogP contribution in [0.4, 0.5) is 11.5 Å². The Kier molecular flexibility index (Phi) is 4.16. The van der Waals surface area contributed by atoms with Crippen LogP contribution in [-0.2, 0) is 6.54 Å². The zero-order valence-electron chi connectivity index (χ0n) is 11.3. The maximum atomic E-state index is 6.02. The second-order valence-corrected chi connectivity index (χ2v) is 5.13. The molecule has 0 atom stereocenters. The number of aryl methyl sites for hydroxylation is 1. The molecule has 2 aromatic rings. The first-order valence-corrected chi connectivity index (χ1v) is 6.85. The Balaban J connectivity index is 2.18. The molecular formula is C12H17N5OS. The van der Waals surface area contributed by atoms with Gasteiger partial charge in [-0.1, -0.05) is 0 Å². The van der Waals surface area contributed by atoms with Crippen molar-refractivity contribution in [2.45, 2.75) is 20.4 Å². The molecule has 0 aromatic carbocycles. The van der Waals surface area contributed by atoms with Crippen molar-refractivity contribution >= 4 is 22.8 Å². The SMILES string of the molecule is CCOc1ncnc(N(C)Cc2csc(C)n2)c1N. The van der Waals surface area contributed by atoms with Crippen molar-refractivity contribution < 1.29 is 4.74 Å². The van der Waals surface area contributed by atoms with Gasteiger partial charge in [-0.2, -0.15) is 4.98 Å². The van der Waals surface area contributed by atoms with Crippen LogP contribution >= 0.6 is 11.3 Å². The van der Waals surface area contributed by atoms with Gasteiger partial charge in [0.25, 0.3) is 0 Å². The molecule has 0 fully saturated rings. The Hall–Kier alpha value is -1.89. The largest absolute Gasteiger partial charge is 0.476 e. The van der Waals surface area contributed by atoms with E-state index in [1.807, 2.05) is 31.2 Å². The van der Waals surface area contributed by atoms with Crippen LogP contribution in [0.3, 0.4) is 0 Å². The summed E-state index contributed by atoms with van der Waals surface area (Å²) in [4.78, 5) is 14.6. The molecule has 2 heterocycles. The quantitative estimate of drug-likeness (QED) is 0.900. The third-order valence-corrected chi connectivity index (χ3v) is 3.36. The zero-order chi connectivity index (χ0) is 13.8. The van der Waals surface area contributed by atoms with E-state index in [0.29, 0.717) is 30.5 Å². The van der Waals surface area contributed by atoms with E-state index < -0.39 is 0 Å². The molecule has 0 amide bonds. The van der Waals surface area contributed by atoms with Crippen molar-refractivity contribution in [2.24, 2.45) is 0 Å². The first kappa shape index (κ1) is 13.5. The highest BCUT2D eigenvalue weighted by Crippen LogP contribution is 2.27. The molecule has 0 saturated carbocycles. The molecule has 0 spiro atoms. The van der Waals surface area contributed by atoms with Crippen LogP contribution in [0.15, 0.2) is 11.7 Å². The smallest absolute Gasteiger partial charge is 0.242 e. The number of ether oxygens (including phenoxy) is 1. The molecule has 0 unspecified atom stereocenters. The number of anilines is 2. The van der Waals surface area contributed by atoms with E-state index in [2.05, 4.69) is 15.0 Å². The molecule has 6 nitrogen and oxygen atoms in total. The van der Waals surface area contributed by atoms with Crippen molar-refractivity contribution in [1.82, 2.24) is 15.0 Å². The summed E-state index contributed by atoms with van der Waals surface area (Å²) in [6, 6.07) is 0. The van der Waals surface area contributed by atoms with Gasteiger partial charge in [0.05, 0.1) is 23.9 Å². The van der Waals surface area contributed by atoms with E-state index in [4.69, 9.17) is 10.5 Å². The predicted octanol–water partition coefficient (Wildman–Crippen LogP) is 1.86. The van der Waals surface area contributed by atoms with Crippen LogP contribution in [0.2, 0.25) is 0 Å². The highest BCUT2D eigenvalue weighted by Gasteiger charge is 2.14. The molecular weight excluding hydrogens is 262 g/mol. The molecule has 19 heavy (non-hydrogen) atoms. The fourth-order valence-corrected chi connectivity index (χ4v) is 2.33. The molecule has 0 radical (unpaired) electrons. The van der Waals surface area contributed by atoms with Crippen LogP contribution in [0.5, 0.6) is 5.88 Å². The van der Waals surface area contributed by atoms with E-state index in [1.54, 1.807) is 11.3 Å². The van der Waals surface area contributed by atoms with Gasteiger partial charge in [0, 0.05) is 12.4 Å². The summed E-state index contributed by atoms with van der Waals surface area (Å²) in [6.07, 6.45) is 1.46. The first-order chi connectivity index (χ1) is 9.11. The molecule has 0 saturated heterocycles. The summed E-state index contributed by atoms with van der Waals surface area (Å²) in [7, 11) is 1.92. The van der Waals surface area contributed by atoms with E-state index >= 15 is 0 Å².